The van der Waals surface area contributed by atoms with Crippen LogP contribution in [0, 0.1) is 0 Å². The number of anilines is 1. The van der Waals surface area contributed by atoms with E-state index in [-0.39, 0.29) is 0 Å². The smallest absolute Gasteiger partial charge is 0.121 e. The number of carbonyl (C=O) groups excluding carboxylic acids is 1. The summed E-state index contributed by atoms with van der Waals surface area (Å²) in [5, 5.41) is 0.793. The van der Waals surface area contributed by atoms with E-state index in [0.29, 0.717) is 6.42 Å². The van der Waals surface area contributed by atoms with Gasteiger partial charge in [0, 0.05) is 30.2 Å². The highest BCUT2D eigenvalue weighted by atomic mass is 35.5. The number of carbonyl (C=O) groups is 1. The molecule has 0 unspecified atom stereocenters. The predicted octanol–water partition coefficient (Wildman–Crippen LogP) is 2.29. The van der Waals surface area contributed by atoms with Crippen LogP contribution < -0.4 is 4.90 Å². The Morgan fingerprint density at radius 1 is 1.50 bits per heavy atom. The number of halogens is 1. The molecule has 0 fully saturated rings. The Morgan fingerprint density at radius 2 is 2.36 bits per heavy atom. The highest BCUT2D eigenvalue weighted by Gasteiger charge is 2.18. The lowest BCUT2D eigenvalue weighted by Gasteiger charge is -2.17. The first-order chi connectivity index (χ1) is 6.81. The molecule has 0 N–H and O–H groups in total. The standard InChI is InChI=1S/C11H12ClNO/c12-10-2-3-11-9(8-10)4-6-13(11)5-1-7-14/h2-3,7-8H,1,4-6H2. The van der Waals surface area contributed by atoms with Crippen molar-refractivity contribution in [1.82, 2.24) is 0 Å². The summed E-state index contributed by atoms with van der Waals surface area (Å²) in [6.45, 7) is 1.82. The van der Waals surface area contributed by atoms with Crippen LogP contribution in [-0.4, -0.2) is 19.4 Å². The van der Waals surface area contributed by atoms with E-state index in [9.17, 15) is 4.79 Å². The Labute approximate surface area is 88.5 Å². The fraction of sp³-hybridized carbons (Fsp3) is 0.364. The molecule has 1 aromatic rings. The molecular formula is C11H12ClNO. The zero-order valence-electron chi connectivity index (χ0n) is 7.87. The van der Waals surface area contributed by atoms with Gasteiger partial charge in [0.15, 0.2) is 0 Å². The number of nitrogens with zero attached hydrogens (tertiary/aromatic N) is 1. The summed E-state index contributed by atoms with van der Waals surface area (Å²) in [7, 11) is 0. The summed E-state index contributed by atoms with van der Waals surface area (Å²) in [5.41, 5.74) is 2.53. The minimum Gasteiger partial charge on any atom is -0.371 e. The molecule has 1 heterocycles. The molecule has 3 heteroatoms. The molecule has 0 saturated heterocycles. The van der Waals surface area contributed by atoms with Gasteiger partial charge in [0.05, 0.1) is 0 Å². The molecule has 74 valence electrons. The van der Waals surface area contributed by atoms with Crippen molar-refractivity contribution in [3.05, 3.63) is 28.8 Å². The van der Waals surface area contributed by atoms with Gasteiger partial charge in [-0.3, -0.25) is 0 Å². The molecule has 0 aromatic heterocycles. The number of hydrogen-bond donors (Lipinski definition) is 0. The van der Waals surface area contributed by atoms with Crippen LogP contribution in [0.2, 0.25) is 5.02 Å². The molecule has 1 aliphatic heterocycles. The van der Waals surface area contributed by atoms with Gasteiger partial charge in [-0.15, -0.1) is 0 Å². The lowest BCUT2D eigenvalue weighted by atomic mass is 10.2. The van der Waals surface area contributed by atoms with Crippen molar-refractivity contribution in [2.24, 2.45) is 0 Å². The molecule has 1 aliphatic rings. The molecule has 0 saturated carbocycles. The van der Waals surface area contributed by atoms with Gasteiger partial charge in [-0.05, 0) is 30.2 Å². The lowest BCUT2D eigenvalue weighted by molar-refractivity contribution is -0.107. The van der Waals surface area contributed by atoms with Crippen LogP contribution in [0.4, 0.5) is 5.69 Å². The Kier molecular flexibility index (Phi) is 2.73. The molecule has 14 heavy (non-hydrogen) atoms. The Morgan fingerprint density at radius 3 is 3.14 bits per heavy atom. The minimum absolute atomic E-state index is 0.599. The molecule has 2 nitrogen and oxygen atoms in total. The van der Waals surface area contributed by atoms with E-state index in [1.54, 1.807) is 0 Å². The fourth-order valence-corrected chi connectivity index (χ4v) is 2.07. The van der Waals surface area contributed by atoms with Gasteiger partial charge < -0.3 is 9.69 Å². The van der Waals surface area contributed by atoms with Gasteiger partial charge in [0.25, 0.3) is 0 Å². The maximum absolute atomic E-state index is 10.3. The van der Waals surface area contributed by atoms with Crippen molar-refractivity contribution >= 4 is 23.6 Å². The summed E-state index contributed by atoms with van der Waals surface area (Å²) in [6, 6.07) is 5.95. The van der Waals surface area contributed by atoms with E-state index in [0.717, 1.165) is 30.8 Å². The highest BCUT2D eigenvalue weighted by Crippen LogP contribution is 2.30. The van der Waals surface area contributed by atoms with Crippen molar-refractivity contribution < 1.29 is 4.79 Å². The van der Waals surface area contributed by atoms with Crippen molar-refractivity contribution in [3.8, 4) is 0 Å². The normalized spacial score (nSPS) is 14.2. The number of benzene rings is 1. The molecule has 0 atom stereocenters. The molecular weight excluding hydrogens is 198 g/mol. The molecule has 0 aliphatic carbocycles. The fourth-order valence-electron chi connectivity index (χ4n) is 1.88. The molecule has 0 amide bonds. The third kappa shape index (κ3) is 1.75. The van der Waals surface area contributed by atoms with Crippen LogP contribution in [-0.2, 0) is 11.2 Å². The second-order valence-electron chi connectivity index (χ2n) is 3.47. The SMILES string of the molecule is O=CCCN1CCc2cc(Cl)ccc21. The van der Waals surface area contributed by atoms with E-state index < -0.39 is 0 Å². The van der Waals surface area contributed by atoms with Crippen LogP contribution in [0.3, 0.4) is 0 Å². The first-order valence-electron chi connectivity index (χ1n) is 4.78. The van der Waals surface area contributed by atoms with Crippen LogP contribution in [0.1, 0.15) is 12.0 Å². The van der Waals surface area contributed by atoms with Gasteiger partial charge in [-0.2, -0.15) is 0 Å². The first kappa shape index (κ1) is 9.53. The van der Waals surface area contributed by atoms with Crippen molar-refractivity contribution in [1.29, 1.82) is 0 Å². The zero-order valence-corrected chi connectivity index (χ0v) is 8.63. The summed E-state index contributed by atoms with van der Waals surface area (Å²) in [6.07, 6.45) is 2.60. The Balaban J connectivity index is 2.18. The molecule has 2 rings (SSSR count). The van der Waals surface area contributed by atoms with Crippen molar-refractivity contribution in [3.63, 3.8) is 0 Å². The van der Waals surface area contributed by atoms with Gasteiger partial charge in [-0.25, -0.2) is 0 Å². The number of hydrogen-bond acceptors (Lipinski definition) is 2. The predicted molar refractivity (Wildman–Crippen MR) is 58.1 cm³/mol. The Bertz CT molecular complexity index is 351. The van der Waals surface area contributed by atoms with Crippen LogP contribution >= 0.6 is 11.6 Å². The lowest BCUT2D eigenvalue weighted by Crippen LogP contribution is -2.21. The van der Waals surface area contributed by atoms with Crippen LogP contribution in [0.15, 0.2) is 18.2 Å². The van der Waals surface area contributed by atoms with E-state index in [4.69, 9.17) is 11.6 Å². The van der Waals surface area contributed by atoms with Crippen molar-refractivity contribution in [2.75, 3.05) is 18.0 Å². The zero-order chi connectivity index (χ0) is 9.97. The third-order valence-electron chi connectivity index (χ3n) is 2.55. The molecule has 1 aromatic carbocycles. The van der Waals surface area contributed by atoms with E-state index in [1.165, 1.54) is 11.3 Å². The average molecular weight is 210 g/mol. The van der Waals surface area contributed by atoms with E-state index >= 15 is 0 Å². The summed E-state index contributed by atoms with van der Waals surface area (Å²) < 4.78 is 0. The van der Waals surface area contributed by atoms with Crippen LogP contribution in [0.25, 0.3) is 0 Å². The second-order valence-corrected chi connectivity index (χ2v) is 3.90. The second kappa shape index (κ2) is 4.01. The average Bonchev–Trinajstić information content (AvgIpc) is 2.57. The third-order valence-corrected chi connectivity index (χ3v) is 2.79. The number of rotatable bonds is 3. The van der Waals surface area contributed by atoms with Crippen LogP contribution in [0.5, 0.6) is 0 Å². The van der Waals surface area contributed by atoms with Gasteiger partial charge in [-0.1, -0.05) is 11.6 Å². The largest absolute Gasteiger partial charge is 0.371 e. The van der Waals surface area contributed by atoms with Gasteiger partial charge in [0.1, 0.15) is 6.29 Å². The molecule has 0 radical (unpaired) electrons. The van der Waals surface area contributed by atoms with E-state index in [2.05, 4.69) is 4.90 Å². The van der Waals surface area contributed by atoms with E-state index in [1.807, 2.05) is 18.2 Å². The number of aldehydes is 1. The first-order valence-corrected chi connectivity index (χ1v) is 5.16. The molecule has 0 bridgehead atoms. The maximum atomic E-state index is 10.3. The van der Waals surface area contributed by atoms with Crippen molar-refractivity contribution in [2.45, 2.75) is 12.8 Å². The maximum Gasteiger partial charge on any atom is 0.121 e. The topological polar surface area (TPSA) is 20.3 Å². The molecule has 0 spiro atoms. The highest BCUT2D eigenvalue weighted by molar-refractivity contribution is 6.30. The monoisotopic (exact) mass is 209 g/mol. The number of fused-ring (bicyclic) bond motifs is 1. The summed E-state index contributed by atoms with van der Waals surface area (Å²) in [4.78, 5) is 12.5. The Hall–Kier alpha value is -1.02. The quantitative estimate of drug-likeness (QED) is 0.712. The van der Waals surface area contributed by atoms with Gasteiger partial charge in [0.2, 0.25) is 0 Å². The summed E-state index contributed by atoms with van der Waals surface area (Å²) >= 11 is 5.90. The van der Waals surface area contributed by atoms with Gasteiger partial charge >= 0.3 is 0 Å². The summed E-state index contributed by atoms with van der Waals surface area (Å²) in [5.74, 6) is 0. The minimum atomic E-state index is 0.599.